The summed E-state index contributed by atoms with van der Waals surface area (Å²) in [6.45, 7) is 6.59. The summed E-state index contributed by atoms with van der Waals surface area (Å²) in [5.41, 5.74) is 0.376. The molecule has 0 radical (unpaired) electrons. The van der Waals surface area contributed by atoms with Crippen LogP contribution in [0.3, 0.4) is 0 Å². The summed E-state index contributed by atoms with van der Waals surface area (Å²) in [7, 11) is 0. The van der Waals surface area contributed by atoms with Gasteiger partial charge in [-0.3, -0.25) is 0 Å². The molecule has 1 aliphatic rings. The van der Waals surface area contributed by atoms with Gasteiger partial charge in [-0.05, 0) is 31.8 Å². The van der Waals surface area contributed by atoms with E-state index >= 15 is 0 Å². The predicted octanol–water partition coefficient (Wildman–Crippen LogP) is 1.49. The van der Waals surface area contributed by atoms with Crippen molar-refractivity contribution in [3.63, 3.8) is 0 Å². The number of hydrogen-bond donors (Lipinski definition) is 1. The van der Waals surface area contributed by atoms with Crippen molar-refractivity contribution in [1.82, 2.24) is 14.9 Å². The first-order valence-corrected chi connectivity index (χ1v) is 6.50. The van der Waals surface area contributed by atoms with Gasteiger partial charge in [0.1, 0.15) is 6.07 Å². The van der Waals surface area contributed by atoms with Crippen molar-refractivity contribution in [2.24, 2.45) is 5.92 Å². The minimum atomic E-state index is 0.376. The van der Waals surface area contributed by atoms with Gasteiger partial charge >= 0.3 is 0 Å². The van der Waals surface area contributed by atoms with Crippen LogP contribution in [0.5, 0.6) is 0 Å². The second-order valence-electron chi connectivity index (χ2n) is 4.70. The molecule has 5 heteroatoms. The maximum atomic E-state index is 8.92. The standard InChI is InChI=1S/C13H19N5/c1-2-6-18-7-3-11(10-18)9-17-13-12(8-14)15-4-5-16-13/h4-5,11H,2-3,6-7,9-10H2,1H3,(H,16,17). The van der Waals surface area contributed by atoms with Gasteiger partial charge in [0.25, 0.3) is 0 Å². The molecule has 0 amide bonds. The van der Waals surface area contributed by atoms with Crippen molar-refractivity contribution in [2.45, 2.75) is 19.8 Å². The lowest BCUT2D eigenvalue weighted by atomic mass is 10.1. The van der Waals surface area contributed by atoms with E-state index in [0.717, 1.165) is 13.1 Å². The van der Waals surface area contributed by atoms with Crippen LogP contribution in [0, 0.1) is 17.2 Å². The molecule has 1 aromatic rings. The van der Waals surface area contributed by atoms with E-state index in [4.69, 9.17) is 5.26 Å². The normalized spacial score (nSPS) is 19.7. The molecule has 0 aliphatic carbocycles. The maximum absolute atomic E-state index is 8.92. The smallest absolute Gasteiger partial charge is 0.182 e. The second kappa shape index (κ2) is 6.31. The third-order valence-corrected chi connectivity index (χ3v) is 3.27. The molecule has 1 N–H and O–H groups in total. The topological polar surface area (TPSA) is 64.8 Å². The van der Waals surface area contributed by atoms with Crippen LogP contribution < -0.4 is 5.32 Å². The van der Waals surface area contributed by atoms with E-state index in [9.17, 15) is 0 Å². The molecule has 0 aromatic carbocycles. The summed E-state index contributed by atoms with van der Waals surface area (Å²) >= 11 is 0. The molecule has 0 spiro atoms. The van der Waals surface area contributed by atoms with E-state index in [-0.39, 0.29) is 0 Å². The van der Waals surface area contributed by atoms with Crippen LogP contribution in [0.4, 0.5) is 5.82 Å². The Kier molecular flexibility index (Phi) is 4.48. The highest BCUT2D eigenvalue weighted by Crippen LogP contribution is 2.17. The minimum absolute atomic E-state index is 0.376. The first kappa shape index (κ1) is 12.8. The van der Waals surface area contributed by atoms with Crippen molar-refractivity contribution >= 4 is 5.82 Å². The molecule has 1 fully saturated rings. The summed E-state index contributed by atoms with van der Waals surface area (Å²) < 4.78 is 0. The molecule has 0 bridgehead atoms. The van der Waals surface area contributed by atoms with Crippen molar-refractivity contribution < 1.29 is 0 Å². The summed E-state index contributed by atoms with van der Waals surface area (Å²) in [6, 6.07) is 2.05. The van der Waals surface area contributed by atoms with E-state index < -0.39 is 0 Å². The zero-order valence-corrected chi connectivity index (χ0v) is 10.8. The third kappa shape index (κ3) is 3.17. The highest BCUT2D eigenvalue weighted by atomic mass is 15.1. The SMILES string of the molecule is CCCN1CCC(CNc2nccnc2C#N)C1. The number of nitriles is 1. The number of nitrogens with one attached hydrogen (secondary N) is 1. The van der Waals surface area contributed by atoms with Crippen molar-refractivity contribution in [1.29, 1.82) is 5.26 Å². The Labute approximate surface area is 108 Å². The van der Waals surface area contributed by atoms with Crippen LogP contribution in [0.1, 0.15) is 25.5 Å². The number of likely N-dealkylation sites (tertiary alicyclic amines) is 1. The second-order valence-corrected chi connectivity index (χ2v) is 4.70. The number of hydrogen-bond acceptors (Lipinski definition) is 5. The van der Waals surface area contributed by atoms with Gasteiger partial charge in [-0.2, -0.15) is 5.26 Å². The summed E-state index contributed by atoms with van der Waals surface area (Å²) in [5.74, 6) is 1.25. The zero-order chi connectivity index (χ0) is 12.8. The zero-order valence-electron chi connectivity index (χ0n) is 10.8. The first-order chi connectivity index (χ1) is 8.83. The van der Waals surface area contributed by atoms with Crippen LogP contribution in [0.25, 0.3) is 0 Å². The first-order valence-electron chi connectivity index (χ1n) is 6.50. The summed E-state index contributed by atoms with van der Waals surface area (Å²) in [6.07, 6.45) is 5.58. The number of aromatic nitrogens is 2. The fraction of sp³-hybridized carbons (Fsp3) is 0.615. The van der Waals surface area contributed by atoms with Gasteiger partial charge in [-0.1, -0.05) is 6.92 Å². The van der Waals surface area contributed by atoms with Crippen LogP contribution >= 0.6 is 0 Å². The molecule has 96 valence electrons. The molecule has 1 unspecified atom stereocenters. The lowest BCUT2D eigenvalue weighted by molar-refractivity contribution is 0.327. The van der Waals surface area contributed by atoms with Crippen LogP contribution in [0.2, 0.25) is 0 Å². The molecule has 1 atom stereocenters. The fourth-order valence-corrected chi connectivity index (χ4v) is 2.39. The highest BCUT2D eigenvalue weighted by Gasteiger charge is 2.21. The minimum Gasteiger partial charge on any atom is -0.367 e. The molecular formula is C13H19N5. The molecule has 5 nitrogen and oxygen atoms in total. The lowest BCUT2D eigenvalue weighted by Crippen LogP contribution is -2.24. The molecule has 2 rings (SSSR count). The van der Waals surface area contributed by atoms with Crippen LogP contribution in [-0.2, 0) is 0 Å². The number of nitrogens with zero attached hydrogens (tertiary/aromatic N) is 4. The monoisotopic (exact) mass is 245 g/mol. The van der Waals surface area contributed by atoms with Gasteiger partial charge in [0.2, 0.25) is 0 Å². The Hall–Kier alpha value is -1.67. The van der Waals surface area contributed by atoms with E-state index in [0.29, 0.717) is 17.4 Å². The van der Waals surface area contributed by atoms with Gasteiger partial charge in [0.05, 0.1) is 0 Å². The van der Waals surface area contributed by atoms with Gasteiger partial charge in [-0.25, -0.2) is 9.97 Å². The van der Waals surface area contributed by atoms with E-state index in [1.165, 1.54) is 25.9 Å². The largest absolute Gasteiger partial charge is 0.367 e. The molecule has 18 heavy (non-hydrogen) atoms. The van der Waals surface area contributed by atoms with Gasteiger partial charge in [0.15, 0.2) is 11.5 Å². The lowest BCUT2D eigenvalue weighted by Gasteiger charge is -2.15. The Morgan fingerprint density at radius 1 is 1.50 bits per heavy atom. The summed E-state index contributed by atoms with van der Waals surface area (Å²) in [5, 5.41) is 12.2. The average Bonchev–Trinajstić information content (AvgIpc) is 2.85. The Morgan fingerprint density at radius 2 is 2.33 bits per heavy atom. The van der Waals surface area contributed by atoms with Crippen molar-refractivity contribution in [2.75, 3.05) is 31.5 Å². The van der Waals surface area contributed by atoms with Gasteiger partial charge < -0.3 is 10.2 Å². The van der Waals surface area contributed by atoms with Gasteiger partial charge in [0, 0.05) is 25.5 Å². The van der Waals surface area contributed by atoms with E-state index in [1.807, 2.05) is 0 Å². The van der Waals surface area contributed by atoms with Crippen LogP contribution in [-0.4, -0.2) is 41.0 Å². The van der Waals surface area contributed by atoms with E-state index in [2.05, 4.69) is 33.2 Å². The molecule has 1 aromatic heterocycles. The Bertz CT molecular complexity index is 426. The summed E-state index contributed by atoms with van der Waals surface area (Å²) in [4.78, 5) is 10.6. The van der Waals surface area contributed by atoms with Crippen LogP contribution in [0.15, 0.2) is 12.4 Å². The average molecular weight is 245 g/mol. The van der Waals surface area contributed by atoms with Crippen molar-refractivity contribution in [3.8, 4) is 6.07 Å². The fourth-order valence-electron chi connectivity index (χ4n) is 2.39. The highest BCUT2D eigenvalue weighted by molar-refractivity contribution is 5.46. The Morgan fingerprint density at radius 3 is 3.11 bits per heavy atom. The number of anilines is 1. The van der Waals surface area contributed by atoms with Gasteiger partial charge in [-0.15, -0.1) is 0 Å². The molecule has 1 aliphatic heterocycles. The third-order valence-electron chi connectivity index (χ3n) is 3.27. The van der Waals surface area contributed by atoms with E-state index in [1.54, 1.807) is 12.4 Å². The molecular weight excluding hydrogens is 226 g/mol. The predicted molar refractivity (Wildman–Crippen MR) is 70.1 cm³/mol. The quantitative estimate of drug-likeness (QED) is 0.851. The Balaban J connectivity index is 1.84. The maximum Gasteiger partial charge on any atom is 0.182 e. The van der Waals surface area contributed by atoms with Crippen molar-refractivity contribution in [3.05, 3.63) is 18.1 Å². The molecule has 1 saturated heterocycles. The molecule has 0 saturated carbocycles. The molecule has 2 heterocycles. The number of rotatable bonds is 5.